The summed E-state index contributed by atoms with van der Waals surface area (Å²) in [5.41, 5.74) is 12.6. The molecule has 1 aromatic heterocycles. The van der Waals surface area contributed by atoms with Crippen LogP contribution < -0.4 is 11.5 Å². The first-order chi connectivity index (χ1) is 14.5. The number of rotatable bonds is 7. The zero-order valence-electron chi connectivity index (χ0n) is 17.5. The van der Waals surface area contributed by atoms with Crippen LogP contribution in [0.2, 0.25) is 0 Å². The summed E-state index contributed by atoms with van der Waals surface area (Å²) in [7, 11) is 0. The van der Waals surface area contributed by atoms with Gasteiger partial charge in [0.1, 0.15) is 12.8 Å². The molecule has 2 heterocycles. The highest BCUT2D eigenvalue weighted by Crippen LogP contribution is 2.54. The summed E-state index contributed by atoms with van der Waals surface area (Å²) in [6.07, 6.45) is 12.4. The van der Waals surface area contributed by atoms with Crippen molar-refractivity contribution < 1.29 is 14.3 Å². The molecule has 0 aromatic carbocycles. The predicted molar refractivity (Wildman–Crippen MR) is 110 cm³/mol. The SMILES string of the molecule is NC(=O)[C@@H]1CCCN1C(=O)[C@@H](N)Cc1cncn1COC1C2CC3CC(C2)CC1C3. The van der Waals surface area contributed by atoms with Gasteiger partial charge >= 0.3 is 0 Å². The average Bonchev–Trinajstić information content (AvgIpc) is 3.36. The molecule has 4 N–H and O–H groups in total. The Hall–Kier alpha value is -1.93. The molecule has 4 saturated carbocycles. The minimum absolute atomic E-state index is 0.217. The molecule has 0 radical (unpaired) electrons. The molecule has 1 aliphatic heterocycles. The summed E-state index contributed by atoms with van der Waals surface area (Å²) in [5.74, 6) is 2.59. The van der Waals surface area contributed by atoms with Crippen LogP contribution in [0, 0.1) is 23.7 Å². The molecule has 5 aliphatic rings. The molecule has 4 aliphatic carbocycles. The van der Waals surface area contributed by atoms with E-state index in [-0.39, 0.29) is 5.91 Å². The third kappa shape index (κ3) is 3.64. The van der Waals surface area contributed by atoms with Gasteiger partial charge in [-0.2, -0.15) is 0 Å². The van der Waals surface area contributed by atoms with Crippen molar-refractivity contribution in [3.8, 4) is 0 Å². The summed E-state index contributed by atoms with van der Waals surface area (Å²) in [6.45, 7) is 0.992. The van der Waals surface area contributed by atoms with Crippen LogP contribution in [0.5, 0.6) is 0 Å². The third-order valence-electron chi connectivity index (χ3n) is 7.96. The lowest BCUT2D eigenvalue weighted by atomic mass is 9.55. The highest BCUT2D eigenvalue weighted by atomic mass is 16.5. The van der Waals surface area contributed by atoms with Crippen molar-refractivity contribution in [2.75, 3.05) is 6.54 Å². The van der Waals surface area contributed by atoms with Crippen molar-refractivity contribution in [3.63, 3.8) is 0 Å². The van der Waals surface area contributed by atoms with Crippen molar-refractivity contribution in [1.29, 1.82) is 0 Å². The van der Waals surface area contributed by atoms with Gasteiger partial charge < -0.3 is 25.7 Å². The van der Waals surface area contributed by atoms with E-state index < -0.39 is 18.0 Å². The van der Waals surface area contributed by atoms with Gasteiger partial charge in [0.2, 0.25) is 11.8 Å². The van der Waals surface area contributed by atoms with Gasteiger partial charge in [0.05, 0.1) is 18.5 Å². The maximum atomic E-state index is 12.8. The fraction of sp³-hybridized carbons (Fsp3) is 0.773. The van der Waals surface area contributed by atoms with Crippen molar-refractivity contribution in [3.05, 3.63) is 18.2 Å². The van der Waals surface area contributed by atoms with Crippen LogP contribution in [0.25, 0.3) is 0 Å². The summed E-state index contributed by atoms with van der Waals surface area (Å²) < 4.78 is 8.39. The molecule has 1 aromatic rings. The molecule has 8 nitrogen and oxygen atoms in total. The van der Waals surface area contributed by atoms with E-state index in [0.717, 1.165) is 24.0 Å². The highest BCUT2D eigenvalue weighted by molar-refractivity contribution is 5.89. The lowest BCUT2D eigenvalue weighted by Gasteiger charge is -2.53. The Morgan fingerprint density at radius 2 is 1.87 bits per heavy atom. The minimum atomic E-state index is -0.721. The Kier molecular flexibility index (Phi) is 5.31. The molecular weight excluding hydrogens is 382 g/mol. The number of imidazole rings is 1. The first-order valence-corrected chi connectivity index (χ1v) is 11.5. The molecule has 4 bridgehead atoms. The van der Waals surface area contributed by atoms with Gasteiger partial charge in [-0.05, 0) is 68.6 Å². The van der Waals surface area contributed by atoms with Crippen LogP contribution >= 0.6 is 0 Å². The van der Waals surface area contributed by atoms with Gasteiger partial charge in [-0.1, -0.05) is 0 Å². The van der Waals surface area contributed by atoms with Crippen molar-refractivity contribution in [2.24, 2.45) is 35.1 Å². The molecule has 164 valence electrons. The van der Waals surface area contributed by atoms with Gasteiger partial charge in [0.25, 0.3) is 0 Å². The summed E-state index contributed by atoms with van der Waals surface area (Å²) in [5, 5.41) is 0. The van der Waals surface area contributed by atoms with E-state index in [1.807, 2.05) is 4.57 Å². The number of amides is 2. The van der Waals surface area contributed by atoms with Crippen LogP contribution in [-0.2, 0) is 27.5 Å². The fourth-order valence-corrected chi connectivity index (χ4v) is 6.80. The van der Waals surface area contributed by atoms with E-state index in [4.69, 9.17) is 16.2 Å². The van der Waals surface area contributed by atoms with E-state index in [2.05, 4.69) is 4.98 Å². The standard InChI is InChI=1S/C22H33N5O3/c23-18(22(29)27-3-1-2-19(27)21(24)28)9-17-10-25-11-26(17)12-30-20-15-5-13-4-14(7-15)8-16(20)6-13/h10-11,13-16,18-20H,1-9,12,23H2,(H2,24,28)/t13?,14?,15?,16?,18-,19-,20?/m0/s1. The van der Waals surface area contributed by atoms with E-state index in [1.54, 1.807) is 17.4 Å². The average molecular weight is 416 g/mol. The van der Waals surface area contributed by atoms with Crippen molar-refractivity contribution >= 4 is 11.8 Å². The zero-order valence-corrected chi connectivity index (χ0v) is 17.5. The van der Waals surface area contributed by atoms with Crippen LogP contribution in [0.15, 0.2) is 12.5 Å². The van der Waals surface area contributed by atoms with Gasteiger partial charge in [-0.3, -0.25) is 9.59 Å². The molecule has 0 unspecified atom stereocenters. The highest BCUT2D eigenvalue weighted by Gasteiger charge is 2.48. The molecular formula is C22H33N5O3. The topological polar surface area (TPSA) is 116 Å². The lowest BCUT2D eigenvalue weighted by molar-refractivity contribution is -0.144. The Bertz CT molecular complexity index is 780. The van der Waals surface area contributed by atoms with Crippen LogP contribution in [0.3, 0.4) is 0 Å². The molecule has 1 saturated heterocycles. The number of carbonyl (C=O) groups excluding carboxylic acids is 2. The van der Waals surface area contributed by atoms with Gasteiger partial charge in [-0.15, -0.1) is 0 Å². The van der Waals surface area contributed by atoms with E-state index in [0.29, 0.717) is 44.1 Å². The van der Waals surface area contributed by atoms with Crippen LogP contribution in [0.1, 0.15) is 50.6 Å². The first kappa shape index (κ1) is 20.0. The smallest absolute Gasteiger partial charge is 0.240 e. The monoisotopic (exact) mass is 415 g/mol. The molecule has 0 spiro atoms. The van der Waals surface area contributed by atoms with E-state index in [9.17, 15) is 9.59 Å². The molecule has 6 rings (SSSR count). The molecule has 5 fully saturated rings. The number of ether oxygens (including phenoxy) is 1. The number of nitrogens with two attached hydrogens (primary N) is 2. The number of hydrogen-bond donors (Lipinski definition) is 2. The normalized spacial score (nSPS) is 35.7. The van der Waals surface area contributed by atoms with E-state index in [1.165, 1.54) is 32.1 Å². The summed E-state index contributed by atoms with van der Waals surface area (Å²) in [4.78, 5) is 30.2. The minimum Gasteiger partial charge on any atom is -0.368 e. The number of nitrogens with zero attached hydrogens (tertiary/aromatic N) is 3. The second-order valence-corrected chi connectivity index (χ2v) is 9.95. The largest absolute Gasteiger partial charge is 0.368 e. The van der Waals surface area contributed by atoms with Gasteiger partial charge in [0.15, 0.2) is 0 Å². The maximum absolute atomic E-state index is 12.8. The molecule has 8 heteroatoms. The zero-order chi connectivity index (χ0) is 20.8. The molecule has 2 atom stereocenters. The van der Waals surface area contributed by atoms with Crippen molar-refractivity contribution in [2.45, 2.75) is 76.3 Å². The Balaban J connectivity index is 1.19. The summed E-state index contributed by atoms with van der Waals surface area (Å²) >= 11 is 0. The summed E-state index contributed by atoms with van der Waals surface area (Å²) in [6, 6.07) is -1.25. The quantitative estimate of drug-likeness (QED) is 0.690. The number of likely N-dealkylation sites (tertiary alicyclic amines) is 1. The van der Waals surface area contributed by atoms with Crippen LogP contribution in [-0.4, -0.2) is 51.0 Å². The Morgan fingerprint density at radius 1 is 1.17 bits per heavy atom. The lowest BCUT2D eigenvalue weighted by Crippen LogP contribution is -2.51. The number of aromatic nitrogens is 2. The third-order valence-corrected chi connectivity index (χ3v) is 7.96. The van der Waals surface area contributed by atoms with Gasteiger partial charge in [0, 0.05) is 24.9 Å². The molecule has 2 amide bonds. The second kappa shape index (κ2) is 7.96. The Labute approximate surface area is 177 Å². The first-order valence-electron chi connectivity index (χ1n) is 11.5. The van der Waals surface area contributed by atoms with Crippen molar-refractivity contribution in [1.82, 2.24) is 14.5 Å². The number of hydrogen-bond acceptors (Lipinski definition) is 5. The Morgan fingerprint density at radius 3 is 2.53 bits per heavy atom. The number of primary amides is 1. The maximum Gasteiger partial charge on any atom is 0.240 e. The second-order valence-electron chi connectivity index (χ2n) is 9.95. The van der Waals surface area contributed by atoms with Crippen LogP contribution in [0.4, 0.5) is 0 Å². The predicted octanol–water partition coefficient (Wildman–Crippen LogP) is 1.03. The fourth-order valence-electron chi connectivity index (χ4n) is 6.80. The molecule has 30 heavy (non-hydrogen) atoms. The number of carbonyl (C=O) groups is 2. The van der Waals surface area contributed by atoms with E-state index >= 15 is 0 Å². The van der Waals surface area contributed by atoms with Gasteiger partial charge in [-0.25, -0.2) is 4.98 Å².